The molecule has 0 radical (unpaired) electrons. The van der Waals surface area contributed by atoms with Crippen molar-refractivity contribution >= 4 is 17.2 Å². The molecule has 1 N–H and O–H groups in total. The van der Waals surface area contributed by atoms with Gasteiger partial charge in [0.15, 0.2) is 0 Å². The average molecular weight is 463 g/mol. The van der Waals surface area contributed by atoms with Crippen LogP contribution in [0.5, 0.6) is 11.5 Å². The van der Waals surface area contributed by atoms with Gasteiger partial charge >= 0.3 is 0 Å². The lowest BCUT2D eigenvalue weighted by molar-refractivity contribution is -0.121. The molecule has 2 aromatic carbocycles. The number of nitrogens with one attached hydrogen (secondary N) is 1. The summed E-state index contributed by atoms with van der Waals surface area (Å²) in [5, 5.41) is 5.95. The molecule has 0 saturated heterocycles. The molecule has 0 aliphatic heterocycles. The van der Waals surface area contributed by atoms with Crippen molar-refractivity contribution in [2.24, 2.45) is 7.05 Å². The van der Waals surface area contributed by atoms with Gasteiger partial charge in [0, 0.05) is 36.5 Å². The molecule has 170 valence electrons. The molecule has 2 aromatic heterocycles. The molecular weight excluding hydrogens is 436 g/mol. The van der Waals surface area contributed by atoms with E-state index in [1.54, 1.807) is 26.5 Å². The molecule has 2 heterocycles. The third kappa shape index (κ3) is 5.23. The maximum Gasteiger partial charge on any atom is 0.226 e. The minimum absolute atomic E-state index is 0.147. The number of thiazole rings is 1. The van der Waals surface area contributed by atoms with Crippen molar-refractivity contribution < 1.29 is 14.3 Å². The van der Waals surface area contributed by atoms with Gasteiger partial charge in [-0.1, -0.05) is 23.8 Å². The van der Waals surface area contributed by atoms with E-state index >= 15 is 0 Å². The highest BCUT2D eigenvalue weighted by atomic mass is 32.1. The van der Waals surface area contributed by atoms with E-state index in [9.17, 15) is 4.79 Å². The van der Waals surface area contributed by atoms with E-state index in [-0.39, 0.29) is 12.3 Å². The number of benzene rings is 2. The van der Waals surface area contributed by atoms with Gasteiger partial charge in [0.1, 0.15) is 28.4 Å². The van der Waals surface area contributed by atoms with E-state index < -0.39 is 6.04 Å². The van der Waals surface area contributed by atoms with Crippen molar-refractivity contribution in [2.75, 3.05) is 14.2 Å². The highest BCUT2D eigenvalue weighted by molar-refractivity contribution is 7.13. The standard InChI is InChI=1S/C25H26N4O3S/c1-16-6-5-7-17(10-16)25-27-19(15-33-25)13-22(30)28-23(24-26-8-9-29(24)2)18-11-20(31-3)14-21(12-18)32-4/h5-12,14-15,23H,13H2,1-4H3,(H,28,30). The summed E-state index contributed by atoms with van der Waals surface area (Å²) < 4.78 is 12.7. The van der Waals surface area contributed by atoms with Crippen LogP contribution in [0.1, 0.15) is 28.7 Å². The Morgan fingerprint density at radius 1 is 1.15 bits per heavy atom. The smallest absolute Gasteiger partial charge is 0.226 e. The molecule has 0 spiro atoms. The summed E-state index contributed by atoms with van der Waals surface area (Å²) in [7, 11) is 5.09. The van der Waals surface area contributed by atoms with Crippen LogP contribution >= 0.6 is 11.3 Å². The number of hydrogen-bond acceptors (Lipinski definition) is 6. The van der Waals surface area contributed by atoms with Crippen molar-refractivity contribution in [3.63, 3.8) is 0 Å². The number of hydrogen-bond donors (Lipinski definition) is 1. The lowest BCUT2D eigenvalue weighted by Gasteiger charge is -2.20. The van der Waals surface area contributed by atoms with E-state index in [0.717, 1.165) is 21.8 Å². The molecule has 0 aliphatic rings. The van der Waals surface area contributed by atoms with Crippen LogP contribution in [0.3, 0.4) is 0 Å². The molecule has 0 aliphatic carbocycles. The number of amides is 1. The van der Waals surface area contributed by atoms with Gasteiger partial charge in [-0.05, 0) is 30.7 Å². The Labute approximate surface area is 197 Å². The molecule has 33 heavy (non-hydrogen) atoms. The molecule has 4 aromatic rings. The van der Waals surface area contributed by atoms with E-state index in [0.29, 0.717) is 17.3 Å². The van der Waals surface area contributed by atoms with Gasteiger partial charge in [0.05, 0.1) is 26.3 Å². The maximum absolute atomic E-state index is 13.1. The highest BCUT2D eigenvalue weighted by Gasteiger charge is 2.23. The predicted molar refractivity (Wildman–Crippen MR) is 129 cm³/mol. The van der Waals surface area contributed by atoms with E-state index in [2.05, 4.69) is 34.3 Å². The second-order valence-corrected chi connectivity index (χ2v) is 8.59. The molecule has 1 amide bonds. The van der Waals surface area contributed by atoms with Crippen molar-refractivity contribution in [1.29, 1.82) is 0 Å². The van der Waals surface area contributed by atoms with Crippen molar-refractivity contribution in [3.8, 4) is 22.1 Å². The number of carbonyl (C=O) groups is 1. The van der Waals surface area contributed by atoms with Crippen LogP contribution in [0.15, 0.2) is 60.2 Å². The van der Waals surface area contributed by atoms with Crippen LogP contribution in [0.25, 0.3) is 10.6 Å². The fourth-order valence-electron chi connectivity index (χ4n) is 3.62. The van der Waals surface area contributed by atoms with Crippen LogP contribution in [-0.4, -0.2) is 34.7 Å². The van der Waals surface area contributed by atoms with Crippen LogP contribution in [0, 0.1) is 6.92 Å². The molecule has 7 nitrogen and oxygen atoms in total. The fourth-order valence-corrected chi connectivity index (χ4v) is 4.44. The van der Waals surface area contributed by atoms with Gasteiger partial charge in [-0.2, -0.15) is 0 Å². The van der Waals surface area contributed by atoms with Gasteiger partial charge in [-0.15, -0.1) is 11.3 Å². The van der Waals surface area contributed by atoms with Crippen molar-refractivity contribution in [2.45, 2.75) is 19.4 Å². The topological polar surface area (TPSA) is 78.3 Å². The van der Waals surface area contributed by atoms with Gasteiger partial charge < -0.3 is 19.4 Å². The monoisotopic (exact) mass is 462 g/mol. The molecule has 0 saturated carbocycles. The predicted octanol–water partition coefficient (Wildman–Crippen LogP) is 4.32. The zero-order valence-electron chi connectivity index (χ0n) is 19.0. The van der Waals surface area contributed by atoms with Crippen molar-refractivity contribution in [3.05, 3.63) is 82.9 Å². The van der Waals surface area contributed by atoms with E-state index in [4.69, 9.17) is 9.47 Å². The molecule has 1 atom stereocenters. The Kier molecular flexibility index (Phi) is 6.74. The van der Waals surface area contributed by atoms with E-state index in [1.807, 2.05) is 47.5 Å². The van der Waals surface area contributed by atoms with E-state index in [1.165, 1.54) is 16.9 Å². The molecule has 0 bridgehead atoms. The van der Waals surface area contributed by atoms with Crippen LogP contribution in [0.2, 0.25) is 0 Å². The first-order valence-electron chi connectivity index (χ1n) is 10.5. The Hall–Kier alpha value is -3.65. The number of aryl methyl sites for hydroxylation is 2. The molecule has 8 heteroatoms. The van der Waals surface area contributed by atoms with Crippen LogP contribution < -0.4 is 14.8 Å². The summed E-state index contributed by atoms with van der Waals surface area (Å²) in [5.74, 6) is 1.84. The summed E-state index contributed by atoms with van der Waals surface area (Å²) in [6.45, 7) is 2.05. The first-order valence-corrected chi connectivity index (χ1v) is 11.4. The maximum atomic E-state index is 13.1. The molecule has 1 unspecified atom stereocenters. The summed E-state index contributed by atoms with van der Waals surface area (Å²) in [6.07, 6.45) is 3.73. The minimum Gasteiger partial charge on any atom is -0.497 e. The number of rotatable bonds is 8. The largest absolute Gasteiger partial charge is 0.497 e. The number of nitrogens with zero attached hydrogens (tertiary/aromatic N) is 3. The Balaban J connectivity index is 1.58. The second kappa shape index (κ2) is 9.87. The molecular formula is C25H26N4O3S. The number of carbonyl (C=O) groups excluding carboxylic acids is 1. The molecule has 0 fully saturated rings. The number of methoxy groups -OCH3 is 2. The Bertz CT molecular complexity index is 1240. The number of aromatic nitrogens is 3. The minimum atomic E-state index is -0.476. The SMILES string of the molecule is COc1cc(OC)cc(C(NC(=O)Cc2csc(-c3cccc(C)c3)n2)c2nccn2C)c1. The summed E-state index contributed by atoms with van der Waals surface area (Å²) >= 11 is 1.54. The second-order valence-electron chi connectivity index (χ2n) is 7.73. The Morgan fingerprint density at radius 2 is 1.91 bits per heavy atom. The van der Waals surface area contributed by atoms with Crippen LogP contribution in [-0.2, 0) is 18.3 Å². The first kappa shape index (κ1) is 22.5. The third-order valence-electron chi connectivity index (χ3n) is 5.29. The average Bonchev–Trinajstić information content (AvgIpc) is 3.46. The summed E-state index contributed by atoms with van der Waals surface area (Å²) in [4.78, 5) is 22.2. The lowest BCUT2D eigenvalue weighted by atomic mass is 10.0. The van der Waals surface area contributed by atoms with Gasteiger partial charge in [-0.25, -0.2) is 9.97 Å². The fraction of sp³-hybridized carbons (Fsp3) is 0.240. The summed E-state index contributed by atoms with van der Waals surface area (Å²) in [5.41, 5.74) is 3.78. The Morgan fingerprint density at radius 3 is 2.55 bits per heavy atom. The normalized spacial score (nSPS) is 11.8. The zero-order valence-corrected chi connectivity index (χ0v) is 19.8. The lowest BCUT2D eigenvalue weighted by Crippen LogP contribution is -2.32. The van der Waals surface area contributed by atoms with Gasteiger partial charge in [0.25, 0.3) is 0 Å². The first-order chi connectivity index (χ1) is 16.0. The molecule has 4 rings (SSSR count). The van der Waals surface area contributed by atoms with Crippen LogP contribution in [0.4, 0.5) is 0 Å². The highest BCUT2D eigenvalue weighted by Crippen LogP contribution is 2.30. The third-order valence-corrected chi connectivity index (χ3v) is 6.23. The number of imidazole rings is 1. The quantitative estimate of drug-likeness (QED) is 0.422. The summed E-state index contributed by atoms with van der Waals surface area (Å²) in [6, 6.07) is 13.3. The van der Waals surface area contributed by atoms with Gasteiger partial charge in [0.2, 0.25) is 5.91 Å². The number of ether oxygens (including phenoxy) is 2. The van der Waals surface area contributed by atoms with Gasteiger partial charge in [-0.3, -0.25) is 4.79 Å². The van der Waals surface area contributed by atoms with Crippen molar-refractivity contribution in [1.82, 2.24) is 19.9 Å². The zero-order chi connectivity index (χ0) is 23.4.